The SMILES string of the molecule is Clc1ccc(SCc2nc(N[C@H]3CCCc4ccccc43)c3c4c(sc3n2)CCC4)cc1. The van der Waals surface area contributed by atoms with Gasteiger partial charge in [0.2, 0.25) is 0 Å². The van der Waals surface area contributed by atoms with Crippen LogP contribution in [0.3, 0.4) is 0 Å². The number of hydrogen-bond acceptors (Lipinski definition) is 5. The first kappa shape index (κ1) is 20.5. The summed E-state index contributed by atoms with van der Waals surface area (Å²) in [5.74, 6) is 2.67. The summed E-state index contributed by atoms with van der Waals surface area (Å²) in [6, 6.07) is 17.2. The zero-order chi connectivity index (χ0) is 21.5. The van der Waals surface area contributed by atoms with Crippen LogP contribution < -0.4 is 5.32 Å². The monoisotopic (exact) mass is 477 g/mol. The average molecular weight is 478 g/mol. The van der Waals surface area contributed by atoms with Gasteiger partial charge in [0.15, 0.2) is 0 Å². The largest absolute Gasteiger partial charge is 0.363 e. The number of aromatic nitrogens is 2. The molecule has 0 fully saturated rings. The van der Waals surface area contributed by atoms with Crippen molar-refractivity contribution < 1.29 is 0 Å². The Morgan fingerprint density at radius 1 is 1.00 bits per heavy atom. The number of aryl methyl sites for hydroxylation is 3. The van der Waals surface area contributed by atoms with E-state index >= 15 is 0 Å². The van der Waals surface area contributed by atoms with Crippen LogP contribution in [0.2, 0.25) is 5.02 Å². The molecule has 3 nitrogen and oxygen atoms in total. The van der Waals surface area contributed by atoms with Gasteiger partial charge >= 0.3 is 0 Å². The van der Waals surface area contributed by atoms with E-state index < -0.39 is 0 Å². The van der Waals surface area contributed by atoms with Gasteiger partial charge in [0, 0.05) is 14.8 Å². The van der Waals surface area contributed by atoms with Gasteiger partial charge in [0.1, 0.15) is 16.5 Å². The number of benzene rings is 2. The molecule has 6 rings (SSSR count). The number of anilines is 1. The molecule has 162 valence electrons. The van der Waals surface area contributed by atoms with Crippen LogP contribution in [0.1, 0.15) is 52.7 Å². The van der Waals surface area contributed by atoms with E-state index in [0.717, 1.165) is 40.1 Å². The van der Waals surface area contributed by atoms with E-state index in [1.54, 1.807) is 11.8 Å². The van der Waals surface area contributed by atoms with Crippen molar-refractivity contribution in [3.8, 4) is 0 Å². The van der Waals surface area contributed by atoms with Crippen molar-refractivity contribution in [2.24, 2.45) is 0 Å². The van der Waals surface area contributed by atoms with E-state index in [-0.39, 0.29) is 0 Å². The van der Waals surface area contributed by atoms with Crippen LogP contribution in [0.15, 0.2) is 53.4 Å². The number of halogens is 1. The Bertz CT molecular complexity index is 1280. The summed E-state index contributed by atoms with van der Waals surface area (Å²) in [6.45, 7) is 0. The highest BCUT2D eigenvalue weighted by Gasteiger charge is 2.25. The van der Waals surface area contributed by atoms with Gasteiger partial charge in [-0.2, -0.15) is 0 Å². The molecule has 2 aliphatic rings. The Morgan fingerprint density at radius 2 is 1.88 bits per heavy atom. The topological polar surface area (TPSA) is 37.8 Å². The summed E-state index contributed by atoms with van der Waals surface area (Å²) >= 11 is 9.67. The number of hydrogen-bond donors (Lipinski definition) is 1. The first-order valence-electron chi connectivity index (χ1n) is 11.3. The van der Waals surface area contributed by atoms with Crippen LogP contribution >= 0.6 is 34.7 Å². The lowest BCUT2D eigenvalue weighted by molar-refractivity contribution is 0.599. The Hall–Kier alpha value is -2.08. The highest BCUT2D eigenvalue weighted by atomic mass is 35.5. The Balaban J connectivity index is 1.36. The molecular weight excluding hydrogens is 454 g/mol. The molecule has 2 heterocycles. The molecule has 4 aromatic rings. The lowest BCUT2D eigenvalue weighted by atomic mass is 9.87. The average Bonchev–Trinajstić information content (AvgIpc) is 3.40. The Labute approximate surface area is 201 Å². The zero-order valence-corrected chi connectivity index (χ0v) is 20.1. The van der Waals surface area contributed by atoms with Gasteiger partial charge < -0.3 is 5.32 Å². The minimum Gasteiger partial charge on any atom is -0.363 e. The second-order valence-corrected chi connectivity index (χ2v) is 11.1. The minimum absolute atomic E-state index is 0.312. The van der Waals surface area contributed by atoms with E-state index in [2.05, 4.69) is 41.7 Å². The summed E-state index contributed by atoms with van der Waals surface area (Å²) in [4.78, 5) is 13.9. The molecule has 0 saturated heterocycles. The summed E-state index contributed by atoms with van der Waals surface area (Å²) in [5.41, 5.74) is 4.37. The molecule has 0 amide bonds. The number of nitrogens with zero attached hydrogens (tertiary/aromatic N) is 2. The van der Waals surface area contributed by atoms with Gasteiger partial charge in [-0.25, -0.2) is 9.97 Å². The lowest BCUT2D eigenvalue weighted by Crippen LogP contribution is -2.18. The van der Waals surface area contributed by atoms with Crippen LogP contribution in [-0.2, 0) is 25.0 Å². The van der Waals surface area contributed by atoms with E-state index in [1.165, 1.54) is 57.5 Å². The van der Waals surface area contributed by atoms with Gasteiger partial charge in [-0.05, 0) is 79.5 Å². The fraction of sp³-hybridized carbons (Fsp3) is 0.308. The van der Waals surface area contributed by atoms with Crippen molar-refractivity contribution in [2.75, 3.05) is 5.32 Å². The van der Waals surface area contributed by atoms with Crippen molar-refractivity contribution in [1.29, 1.82) is 0 Å². The molecule has 2 aromatic heterocycles. The fourth-order valence-electron chi connectivity index (χ4n) is 4.96. The van der Waals surface area contributed by atoms with Crippen LogP contribution in [0, 0.1) is 0 Å². The number of thioether (sulfide) groups is 1. The van der Waals surface area contributed by atoms with Crippen LogP contribution in [0.25, 0.3) is 10.2 Å². The third-order valence-corrected chi connectivity index (χ3v) is 8.92. The molecule has 0 saturated carbocycles. The maximum atomic E-state index is 6.04. The van der Waals surface area contributed by atoms with E-state index in [1.807, 2.05) is 23.5 Å². The molecular formula is C26H24ClN3S2. The maximum absolute atomic E-state index is 6.04. The third kappa shape index (κ3) is 3.91. The van der Waals surface area contributed by atoms with Crippen LogP contribution in [0.4, 0.5) is 5.82 Å². The number of rotatable bonds is 5. The summed E-state index contributed by atoms with van der Waals surface area (Å²) in [7, 11) is 0. The van der Waals surface area contributed by atoms with Gasteiger partial charge in [-0.1, -0.05) is 35.9 Å². The molecule has 0 bridgehead atoms. The van der Waals surface area contributed by atoms with E-state index in [4.69, 9.17) is 21.6 Å². The van der Waals surface area contributed by atoms with Crippen molar-refractivity contribution >= 4 is 50.7 Å². The molecule has 2 aliphatic carbocycles. The van der Waals surface area contributed by atoms with Crippen molar-refractivity contribution in [3.63, 3.8) is 0 Å². The predicted octanol–water partition coefficient (Wildman–Crippen LogP) is 7.62. The Morgan fingerprint density at radius 3 is 2.78 bits per heavy atom. The first-order valence-corrected chi connectivity index (χ1v) is 13.5. The second-order valence-electron chi connectivity index (χ2n) is 8.56. The van der Waals surface area contributed by atoms with Gasteiger partial charge in [0.05, 0.1) is 17.2 Å². The number of nitrogens with one attached hydrogen (secondary N) is 1. The molecule has 32 heavy (non-hydrogen) atoms. The molecule has 0 unspecified atom stereocenters. The second kappa shape index (κ2) is 8.69. The molecule has 1 N–H and O–H groups in total. The molecule has 0 spiro atoms. The van der Waals surface area contributed by atoms with Gasteiger partial charge in [-0.15, -0.1) is 23.1 Å². The van der Waals surface area contributed by atoms with E-state index in [9.17, 15) is 0 Å². The molecule has 1 atom stereocenters. The number of fused-ring (bicyclic) bond motifs is 4. The molecule has 0 aliphatic heterocycles. The van der Waals surface area contributed by atoms with Crippen LogP contribution in [0.5, 0.6) is 0 Å². The highest BCUT2D eigenvalue weighted by molar-refractivity contribution is 7.98. The normalized spacial score (nSPS) is 17.3. The molecule has 6 heteroatoms. The standard InChI is InChI=1S/C26H24ClN3S2/c27-17-11-13-18(14-12-17)31-15-23-29-25(24-20-8-4-10-22(20)32-26(24)30-23)28-21-9-3-6-16-5-1-2-7-19(16)21/h1-2,5,7,11-14,21H,3-4,6,8-10,15H2,(H,28,29,30)/t21-/m0/s1. The fourth-order valence-corrected chi connectivity index (χ4v) is 7.12. The minimum atomic E-state index is 0.312. The van der Waals surface area contributed by atoms with Gasteiger partial charge in [-0.3, -0.25) is 0 Å². The number of thiophene rings is 1. The molecule has 0 radical (unpaired) electrons. The third-order valence-electron chi connectivity index (χ3n) is 6.47. The van der Waals surface area contributed by atoms with Crippen molar-refractivity contribution in [3.05, 3.63) is 80.9 Å². The molecule has 2 aromatic carbocycles. The first-order chi connectivity index (χ1) is 15.7. The maximum Gasteiger partial charge on any atom is 0.142 e. The summed E-state index contributed by atoms with van der Waals surface area (Å²) < 4.78 is 0. The summed E-state index contributed by atoms with van der Waals surface area (Å²) in [6.07, 6.45) is 7.10. The lowest BCUT2D eigenvalue weighted by Gasteiger charge is -2.27. The predicted molar refractivity (Wildman–Crippen MR) is 136 cm³/mol. The quantitative estimate of drug-likeness (QED) is 0.300. The Kier molecular flexibility index (Phi) is 5.58. The summed E-state index contributed by atoms with van der Waals surface area (Å²) in [5, 5.41) is 5.90. The van der Waals surface area contributed by atoms with Crippen molar-refractivity contribution in [2.45, 2.75) is 55.2 Å². The highest BCUT2D eigenvalue weighted by Crippen LogP contribution is 2.42. The zero-order valence-electron chi connectivity index (χ0n) is 17.7. The van der Waals surface area contributed by atoms with Gasteiger partial charge in [0.25, 0.3) is 0 Å². The van der Waals surface area contributed by atoms with E-state index in [0.29, 0.717) is 6.04 Å². The van der Waals surface area contributed by atoms with Crippen molar-refractivity contribution in [1.82, 2.24) is 9.97 Å². The smallest absolute Gasteiger partial charge is 0.142 e. The van der Waals surface area contributed by atoms with Crippen LogP contribution in [-0.4, -0.2) is 9.97 Å².